The molecule has 1 atom stereocenters. The third kappa shape index (κ3) is 5.64. The Hall–Kier alpha value is -2.32. The van der Waals surface area contributed by atoms with Crippen LogP contribution in [0.2, 0.25) is 5.02 Å². The van der Waals surface area contributed by atoms with Crippen LogP contribution in [0.25, 0.3) is 0 Å². The van der Waals surface area contributed by atoms with Gasteiger partial charge in [-0.1, -0.05) is 37.3 Å². The van der Waals surface area contributed by atoms with E-state index < -0.39 is 26.9 Å². The SMILES string of the molecule is O=C(NC[C@H](c1ccco1)S(=O)(=O)c1ccc(Cl)cc1)C(=O)NC1CCCCCC1. The molecule has 9 heteroatoms. The Labute approximate surface area is 181 Å². The summed E-state index contributed by atoms with van der Waals surface area (Å²) in [7, 11) is -3.89. The molecule has 1 aliphatic rings. The zero-order valence-electron chi connectivity index (χ0n) is 16.5. The van der Waals surface area contributed by atoms with Gasteiger partial charge in [-0.2, -0.15) is 0 Å². The minimum absolute atomic E-state index is 0.0237. The zero-order chi connectivity index (χ0) is 21.6. The molecule has 1 saturated carbocycles. The van der Waals surface area contributed by atoms with Gasteiger partial charge in [-0.3, -0.25) is 9.59 Å². The minimum atomic E-state index is -3.89. The van der Waals surface area contributed by atoms with Crippen molar-refractivity contribution in [1.29, 1.82) is 0 Å². The van der Waals surface area contributed by atoms with E-state index in [4.69, 9.17) is 16.0 Å². The van der Waals surface area contributed by atoms with Crippen LogP contribution < -0.4 is 10.6 Å². The summed E-state index contributed by atoms with van der Waals surface area (Å²) < 4.78 is 31.5. The summed E-state index contributed by atoms with van der Waals surface area (Å²) in [4.78, 5) is 24.6. The van der Waals surface area contributed by atoms with Gasteiger partial charge in [-0.25, -0.2) is 8.42 Å². The number of hydrogen-bond acceptors (Lipinski definition) is 5. The van der Waals surface area contributed by atoms with Crippen molar-refractivity contribution in [2.24, 2.45) is 0 Å². The summed E-state index contributed by atoms with van der Waals surface area (Å²) in [6.07, 6.45) is 7.36. The molecule has 2 amide bonds. The van der Waals surface area contributed by atoms with E-state index in [2.05, 4.69) is 10.6 Å². The molecule has 3 rings (SSSR count). The van der Waals surface area contributed by atoms with Gasteiger partial charge in [0.15, 0.2) is 9.84 Å². The molecule has 1 aromatic heterocycles. The van der Waals surface area contributed by atoms with Crippen molar-refractivity contribution in [3.8, 4) is 0 Å². The molecule has 30 heavy (non-hydrogen) atoms. The molecular formula is C21H25ClN2O5S. The molecule has 1 aliphatic carbocycles. The standard InChI is InChI=1S/C21H25ClN2O5S/c22-15-9-11-17(12-10-15)30(27,28)19(18-8-5-13-29-18)14-23-20(25)21(26)24-16-6-3-1-2-4-7-16/h5,8-13,16,19H,1-4,6-7,14H2,(H,23,25)(H,24,26)/t19-/m1/s1. The van der Waals surface area contributed by atoms with Crippen molar-refractivity contribution < 1.29 is 22.4 Å². The number of hydrogen-bond donors (Lipinski definition) is 2. The van der Waals surface area contributed by atoms with Crippen LogP contribution in [0, 0.1) is 0 Å². The highest BCUT2D eigenvalue weighted by Crippen LogP contribution is 2.29. The Morgan fingerprint density at radius 1 is 1.03 bits per heavy atom. The maximum atomic E-state index is 13.1. The Morgan fingerprint density at radius 2 is 1.70 bits per heavy atom. The Balaban J connectivity index is 1.69. The lowest BCUT2D eigenvalue weighted by Gasteiger charge is -2.18. The second-order valence-corrected chi connectivity index (χ2v) is 9.94. The van der Waals surface area contributed by atoms with Crippen molar-refractivity contribution >= 4 is 33.3 Å². The highest BCUT2D eigenvalue weighted by Gasteiger charge is 2.32. The summed E-state index contributed by atoms with van der Waals surface area (Å²) in [6, 6.07) is 8.82. The lowest BCUT2D eigenvalue weighted by molar-refractivity contribution is -0.139. The largest absolute Gasteiger partial charge is 0.468 e. The molecule has 2 N–H and O–H groups in total. The maximum absolute atomic E-state index is 13.1. The van der Waals surface area contributed by atoms with E-state index in [1.807, 2.05) is 0 Å². The molecule has 0 bridgehead atoms. The number of carbonyl (C=O) groups excluding carboxylic acids is 2. The molecule has 1 heterocycles. The van der Waals surface area contributed by atoms with E-state index in [0.717, 1.165) is 38.5 Å². The van der Waals surface area contributed by atoms with Crippen LogP contribution in [-0.4, -0.2) is 32.8 Å². The molecule has 0 spiro atoms. The molecule has 1 fully saturated rings. The van der Waals surface area contributed by atoms with Gasteiger partial charge in [0, 0.05) is 17.6 Å². The molecule has 0 saturated heterocycles. The predicted octanol–water partition coefficient (Wildman–Crippen LogP) is 3.40. The molecular weight excluding hydrogens is 428 g/mol. The van der Waals surface area contributed by atoms with Gasteiger partial charge < -0.3 is 15.1 Å². The summed E-state index contributed by atoms with van der Waals surface area (Å²) >= 11 is 5.85. The van der Waals surface area contributed by atoms with Crippen LogP contribution in [0.5, 0.6) is 0 Å². The Bertz CT molecular complexity index is 950. The van der Waals surface area contributed by atoms with Crippen molar-refractivity contribution in [3.05, 3.63) is 53.4 Å². The van der Waals surface area contributed by atoms with Gasteiger partial charge in [0.1, 0.15) is 11.0 Å². The summed E-state index contributed by atoms with van der Waals surface area (Å²) in [6.45, 7) is -0.296. The molecule has 2 aromatic rings. The van der Waals surface area contributed by atoms with E-state index in [9.17, 15) is 18.0 Å². The summed E-state index contributed by atoms with van der Waals surface area (Å²) in [5.41, 5.74) is 0. The van der Waals surface area contributed by atoms with Gasteiger partial charge in [-0.05, 0) is 49.2 Å². The van der Waals surface area contributed by atoms with Gasteiger partial charge in [-0.15, -0.1) is 0 Å². The average molecular weight is 453 g/mol. The lowest BCUT2D eigenvalue weighted by atomic mass is 10.1. The number of benzene rings is 1. The van der Waals surface area contributed by atoms with Gasteiger partial charge >= 0.3 is 11.8 Å². The van der Waals surface area contributed by atoms with Gasteiger partial charge in [0.2, 0.25) is 0 Å². The van der Waals surface area contributed by atoms with Crippen molar-refractivity contribution in [2.75, 3.05) is 6.54 Å². The van der Waals surface area contributed by atoms with E-state index in [0.29, 0.717) is 5.02 Å². The average Bonchev–Trinajstić information content (AvgIpc) is 3.12. The number of amides is 2. The molecule has 7 nitrogen and oxygen atoms in total. The monoisotopic (exact) mass is 452 g/mol. The number of furan rings is 1. The van der Waals surface area contributed by atoms with Crippen LogP contribution in [-0.2, 0) is 19.4 Å². The molecule has 1 aromatic carbocycles. The third-order valence-corrected chi connectivity index (χ3v) is 7.55. The highest BCUT2D eigenvalue weighted by atomic mass is 35.5. The van der Waals surface area contributed by atoms with Crippen LogP contribution >= 0.6 is 11.6 Å². The first-order valence-corrected chi connectivity index (χ1v) is 11.9. The minimum Gasteiger partial charge on any atom is -0.468 e. The number of rotatable bonds is 6. The topological polar surface area (TPSA) is 105 Å². The van der Waals surface area contributed by atoms with E-state index in [1.165, 1.54) is 36.6 Å². The first kappa shape index (κ1) is 22.4. The smallest absolute Gasteiger partial charge is 0.309 e. The fraction of sp³-hybridized carbons (Fsp3) is 0.429. The van der Waals surface area contributed by atoms with Gasteiger partial charge in [0.05, 0.1) is 11.2 Å². The van der Waals surface area contributed by atoms with Gasteiger partial charge in [0.25, 0.3) is 0 Å². The maximum Gasteiger partial charge on any atom is 0.309 e. The van der Waals surface area contributed by atoms with Crippen LogP contribution in [0.4, 0.5) is 0 Å². The number of sulfone groups is 1. The quantitative estimate of drug-likeness (QED) is 0.516. The molecule has 0 radical (unpaired) electrons. The lowest BCUT2D eigenvalue weighted by Crippen LogP contribution is -2.45. The number of carbonyl (C=O) groups is 2. The van der Waals surface area contributed by atoms with Crippen LogP contribution in [0.15, 0.2) is 52.0 Å². The Kier molecular flexibility index (Phi) is 7.55. The third-order valence-electron chi connectivity index (χ3n) is 5.22. The van der Waals surface area contributed by atoms with Crippen molar-refractivity contribution in [2.45, 2.75) is 54.7 Å². The second-order valence-electron chi connectivity index (χ2n) is 7.37. The normalized spacial score (nSPS) is 16.4. The van der Waals surface area contributed by atoms with Crippen LogP contribution in [0.3, 0.4) is 0 Å². The highest BCUT2D eigenvalue weighted by molar-refractivity contribution is 7.91. The molecule has 0 aliphatic heterocycles. The first-order chi connectivity index (χ1) is 14.4. The summed E-state index contributed by atoms with van der Waals surface area (Å²) in [5, 5.41) is 4.43. The summed E-state index contributed by atoms with van der Waals surface area (Å²) in [5.74, 6) is -1.43. The Morgan fingerprint density at radius 3 is 2.30 bits per heavy atom. The molecule has 162 valence electrons. The fourth-order valence-electron chi connectivity index (χ4n) is 3.57. The first-order valence-electron chi connectivity index (χ1n) is 9.99. The fourth-order valence-corrected chi connectivity index (χ4v) is 5.28. The zero-order valence-corrected chi connectivity index (χ0v) is 18.0. The van der Waals surface area contributed by atoms with Crippen molar-refractivity contribution in [3.63, 3.8) is 0 Å². The van der Waals surface area contributed by atoms with E-state index >= 15 is 0 Å². The second kappa shape index (κ2) is 10.1. The van der Waals surface area contributed by atoms with Crippen LogP contribution in [0.1, 0.15) is 49.5 Å². The van der Waals surface area contributed by atoms with Crippen molar-refractivity contribution in [1.82, 2.24) is 10.6 Å². The number of halogens is 1. The number of nitrogens with one attached hydrogen (secondary N) is 2. The molecule has 0 unspecified atom stereocenters. The predicted molar refractivity (Wildman–Crippen MR) is 113 cm³/mol. The van der Waals surface area contributed by atoms with E-state index in [-0.39, 0.29) is 23.2 Å². The van der Waals surface area contributed by atoms with E-state index in [1.54, 1.807) is 6.07 Å².